The number of carbonyl (C=O) groups is 1. The maximum absolute atomic E-state index is 13.8. The molecule has 0 atom stereocenters. The monoisotopic (exact) mass is 376 g/mol. The highest BCUT2D eigenvalue weighted by Gasteiger charge is 2.23. The van der Waals surface area contributed by atoms with Crippen molar-refractivity contribution >= 4 is 15.7 Å². The van der Waals surface area contributed by atoms with Crippen LogP contribution in [0.4, 0.5) is 4.39 Å². The van der Waals surface area contributed by atoms with Gasteiger partial charge in [-0.15, -0.1) is 0 Å². The van der Waals surface area contributed by atoms with Crippen molar-refractivity contribution in [3.63, 3.8) is 0 Å². The lowest BCUT2D eigenvalue weighted by Crippen LogP contribution is -2.48. The van der Waals surface area contributed by atoms with Gasteiger partial charge in [-0.2, -0.15) is 0 Å². The van der Waals surface area contributed by atoms with E-state index in [1.54, 1.807) is 29.2 Å². The number of carbonyl (C=O) groups excluding carboxylic acids is 1. The standard InChI is InChI=1S/C19H21FN2O3S/c1-26(24,25)17-7-4-6-15(13-17)19(23)22-11-9-21(10-12-22)14-16-5-2-3-8-18(16)20/h2-8,13H,9-12,14H2,1H3. The Morgan fingerprint density at radius 3 is 2.38 bits per heavy atom. The molecule has 0 N–H and O–H groups in total. The topological polar surface area (TPSA) is 57.7 Å². The minimum absolute atomic E-state index is 0.140. The Hall–Kier alpha value is -2.25. The molecule has 2 aromatic rings. The molecule has 0 aliphatic carbocycles. The summed E-state index contributed by atoms with van der Waals surface area (Å²) in [6.45, 7) is 2.85. The number of piperazine rings is 1. The van der Waals surface area contributed by atoms with Crippen molar-refractivity contribution in [1.82, 2.24) is 9.80 Å². The summed E-state index contributed by atoms with van der Waals surface area (Å²) in [5.74, 6) is -0.398. The summed E-state index contributed by atoms with van der Waals surface area (Å²) in [6.07, 6.45) is 1.12. The molecule has 0 radical (unpaired) electrons. The van der Waals surface area contributed by atoms with Crippen molar-refractivity contribution in [1.29, 1.82) is 0 Å². The number of sulfone groups is 1. The van der Waals surface area contributed by atoms with Gasteiger partial charge in [-0.3, -0.25) is 9.69 Å². The molecule has 0 unspecified atom stereocenters. The number of rotatable bonds is 4. The Labute approximate surface area is 153 Å². The molecule has 1 heterocycles. The van der Waals surface area contributed by atoms with Gasteiger partial charge in [-0.1, -0.05) is 24.3 Å². The Morgan fingerprint density at radius 1 is 1.04 bits per heavy atom. The second kappa shape index (κ2) is 7.55. The average Bonchev–Trinajstić information content (AvgIpc) is 2.63. The third kappa shape index (κ3) is 4.28. The van der Waals surface area contributed by atoms with Crippen LogP contribution >= 0.6 is 0 Å². The number of amides is 1. The van der Waals surface area contributed by atoms with E-state index in [1.165, 1.54) is 18.2 Å². The minimum Gasteiger partial charge on any atom is -0.336 e. The Morgan fingerprint density at radius 2 is 1.73 bits per heavy atom. The summed E-state index contributed by atoms with van der Waals surface area (Å²) in [5.41, 5.74) is 1.02. The van der Waals surface area contributed by atoms with E-state index in [0.29, 0.717) is 43.9 Å². The SMILES string of the molecule is CS(=O)(=O)c1cccc(C(=O)N2CCN(Cc3ccccc3F)CC2)c1. The van der Waals surface area contributed by atoms with Crippen LogP contribution in [0, 0.1) is 5.82 Å². The number of halogens is 1. The number of benzene rings is 2. The second-order valence-corrected chi connectivity index (χ2v) is 8.48. The summed E-state index contributed by atoms with van der Waals surface area (Å²) in [5, 5.41) is 0. The third-order valence-electron chi connectivity index (χ3n) is 4.52. The van der Waals surface area contributed by atoms with Crippen LogP contribution < -0.4 is 0 Å². The van der Waals surface area contributed by atoms with E-state index in [2.05, 4.69) is 4.90 Å². The summed E-state index contributed by atoms with van der Waals surface area (Å²) in [4.78, 5) is 16.6. The molecule has 1 aliphatic heterocycles. The van der Waals surface area contributed by atoms with Gasteiger partial charge in [-0.05, 0) is 24.3 Å². The highest BCUT2D eigenvalue weighted by atomic mass is 32.2. The van der Waals surface area contributed by atoms with Gasteiger partial charge in [0.2, 0.25) is 0 Å². The van der Waals surface area contributed by atoms with Crippen LogP contribution in [0.1, 0.15) is 15.9 Å². The fourth-order valence-electron chi connectivity index (χ4n) is 3.02. The first-order chi connectivity index (χ1) is 12.3. The lowest BCUT2D eigenvalue weighted by Gasteiger charge is -2.34. The average molecular weight is 376 g/mol. The molecule has 0 bridgehead atoms. The predicted octanol–water partition coefficient (Wildman–Crippen LogP) is 2.19. The Kier molecular flexibility index (Phi) is 5.38. The lowest BCUT2D eigenvalue weighted by atomic mass is 10.1. The fourth-order valence-corrected chi connectivity index (χ4v) is 3.69. The van der Waals surface area contributed by atoms with Crippen LogP contribution in [0.5, 0.6) is 0 Å². The van der Waals surface area contributed by atoms with Gasteiger partial charge in [0.1, 0.15) is 5.82 Å². The molecular weight excluding hydrogens is 355 g/mol. The highest BCUT2D eigenvalue weighted by molar-refractivity contribution is 7.90. The van der Waals surface area contributed by atoms with E-state index < -0.39 is 9.84 Å². The quantitative estimate of drug-likeness (QED) is 0.821. The molecule has 3 rings (SSSR count). The van der Waals surface area contributed by atoms with Crippen molar-refractivity contribution in [3.8, 4) is 0 Å². The molecule has 5 nitrogen and oxygen atoms in total. The first kappa shape index (κ1) is 18.5. The van der Waals surface area contributed by atoms with Crippen LogP contribution in [0.3, 0.4) is 0 Å². The van der Waals surface area contributed by atoms with Crippen LogP contribution in [0.2, 0.25) is 0 Å². The molecule has 0 aromatic heterocycles. The molecular formula is C19H21FN2O3S. The molecule has 0 spiro atoms. The zero-order valence-electron chi connectivity index (χ0n) is 14.6. The van der Waals surface area contributed by atoms with E-state index in [-0.39, 0.29) is 16.6 Å². The van der Waals surface area contributed by atoms with Crippen molar-refractivity contribution in [2.45, 2.75) is 11.4 Å². The molecule has 1 fully saturated rings. The molecule has 1 amide bonds. The van der Waals surface area contributed by atoms with Crippen LogP contribution in [-0.2, 0) is 16.4 Å². The smallest absolute Gasteiger partial charge is 0.253 e. The molecule has 7 heteroatoms. The zero-order valence-corrected chi connectivity index (χ0v) is 15.4. The van der Waals surface area contributed by atoms with Crippen molar-refractivity contribution in [2.24, 2.45) is 0 Å². The van der Waals surface area contributed by atoms with E-state index in [9.17, 15) is 17.6 Å². The van der Waals surface area contributed by atoms with E-state index >= 15 is 0 Å². The first-order valence-electron chi connectivity index (χ1n) is 8.40. The Bertz CT molecular complexity index is 907. The maximum Gasteiger partial charge on any atom is 0.253 e. The molecule has 26 heavy (non-hydrogen) atoms. The van der Waals surface area contributed by atoms with Gasteiger partial charge < -0.3 is 4.90 Å². The Balaban J connectivity index is 1.63. The molecule has 0 saturated carbocycles. The minimum atomic E-state index is -3.35. The lowest BCUT2D eigenvalue weighted by molar-refractivity contribution is 0.0627. The van der Waals surface area contributed by atoms with Crippen LogP contribution in [0.15, 0.2) is 53.4 Å². The van der Waals surface area contributed by atoms with Gasteiger partial charge in [0.05, 0.1) is 4.90 Å². The summed E-state index contributed by atoms with van der Waals surface area (Å²) in [7, 11) is -3.35. The summed E-state index contributed by atoms with van der Waals surface area (Å²) in [6, 6.07) is 12.8. The van der Waals surface area contributed by atoms with Gasteiger partial charge in [-0.25, -0.2) is 12.8 Å². The maximum atomic E-state index is 13.8. The summed E-state index contributed by atoms with van der Waals surface area (Å²) < 4.78 is 37.1. The molecule has 1 aliphatic rings. The fraction of sp³-hybridized carbons (Fsp3) is 0.316. The van der Waals surface area contributed by atoms with E-state index in [1.807, 2.05) is 6.07 Å². The van der Waals surface area contributed by atoms with Crippen LogP contribution in [-0.4, -0.2) is 56.6 Å². The van der Waals surface area contributed by atoms with Gasteiger partial charge in [0, 0.05) is 50.1 Å². The normalized spacial score (nSPS) is 15.8. The largest absolute Gasteiger partial charge is 0.336 e. The van der Waals surface area contributed by atoms with Crippen molar-refractivity contribution in [3.05, 3.63) is 65.5 Å². The summed E-state index contributed by atoms with van der Waals surface area (Å²) >= 11 is 0. The molecule has 2 aromatic carbocycles. The number of hydrogen-bond acceptors (Lipinski definition) is 4. The van der Waals surface area contributed by atoms with Gasteiger partial charge >= 0.3 is 0 Å². The van der Waals surface area contributed by atoms with E-state index in [4.69, 9.17) is 0 Å². The zero-order chi connectivity index (χ0) is 18.7. The molecule has 138 valence electrons. The van der Waals surface area contributed by atoms with Gasteiger partial charge in [0.25, 0.3) is 5.91 Å². The predicted molar refractivity (Wildman–Crippen MR) is 97.1 cm³/mol. The van der Waals surface area contributed by atoms with Crippen molar-refractivity contribution in [2.75, 3.05) is 32.4 Å². The number of nitrogens with zero attached hydrogens (tertiary/aromatic N) is 2. The first-order valence-corrected chi connectivity index (χ1v) is 10.3. The van der Waals surface area contributed by atoms with Crippen LogP contribution in [0.25, 0.3) is 0 Å². The highest BCUT2D eigenvalue weighted by Crippen LogP contribution is 2.16. The third-order valence-corrected chi connectivity index (χ3v) is 5.63. The van der Waals surface area contributed by atoms with Gasteiger partial charge in [0.15, 0.2) is 9.84 Å². The number of hydrogen-bond donors (Lipinski definition) is 0. The van der Waals surface area contributed by atoms with Crippen molar-refractivity contribution < 1.29 is 17.6 Å². The second-order valence-electron chi connectivity index (χ2n) is 6.46. The molecule has 1 saturated heterocycles. The van der Waals surface area contributed by atoms with E-state index in [0.717, 1.165) is 6.26 Å².